The molecule has 0 saturated carbocycles. The molecule has 0 saturated heterocycles. The van der Waals surface area contributed by atoms with Crippen molar-refractivity contribution in [1.82, 2.24) is 0 Å². The Labute approximate surface area is 86.0 Å². The third-order valence-electron chi connectivity index (χ3n) is 1.43. The van der Waals surface area contributed by atoms with Crippen molar-refractivity contribution in [3.05, 3.63) is 24.3 Å². The second kappa shape index (κ2) is 4.93. The average Bonchev–Trinajstić information content (AvgIpc) is 2.09. The molecule has 0 aliphatic heterocycles. The van der Waals surface area contributed by atoms with E-state index in [0.717, 1.165) is 5.69 Å². The molecule has 0 aliphatic carbocycles. The Hall–Kier alpha value is -0.952. The van der Waals surface area contributed by atoms with Gasteiger partial charge in [0.05, 0.1) is 0 Å². The average molecular weight is 241 g/mol. The van der Waals surface area contributed by atoms with Gasteiger partial charge in [-0.05, 0) is 0 Å². The monoisotopic (exact) mass is 241 g/mol. The third-order valence-corrected chi connectivity index (χ3v) is 2.24. The van der Waals surface area contributed by atoms with E-state index in [-0.39, 0.29) is 0 Å². The minimum atomic E-state index is -0.406. The molecule has 0 radical (unpaired) electrons. The molecular formula is C9H12AsNO2. The fourth-order valence-electron chi connectivity index (χ4n) is 0.851. The molecule has 0 heterocycles. The molecule has 0 aliphatic rings. The van der Waals surface area contributed by atoms with E-state index in [4.69, 9.17) is 4.74 Å². The first-order valence-corrected chi connectivity index (χ1v) is 5.23. The maximum atomic E-state index is 11.0. The molecule has 1 unspecified atom stereocenters. The maximum absolute atomic E-state index is 11.0. The number of rotatable bonds is 2. The van der Waals surface area contributed by atoms with Crippen LogP contribution in [0.3, 0.4) is 0 Å². The number of amides is 1. The number of nitrogens with one attached hydrogen (secondary N) is 1. The van der Waals surface area contributed by atoms with Crippen LogP contribution in [-0.2, 0) is 4.74 Å². The van der Waals surface area contributed by atoms with Crippen molar-refractivity contribution in [3.63, 3.8) is 0 Å². The van der Waals surface area contributed by atoms with Gasteiger partial charge in [0.25, 0.3) is 0 Å². The Kier molecular flexibility index (Phi) is 3.84. The summed E-state index contributed by atoms with van der Waals surface area (Å²) in [5.41, 5.74) is 0.764. The first-order chi connectivity index (χ1) is 6.22. The minimum absolute atomic E-state index is 0.390. The van der Waals surface area contributed by atoms with Crippen molar-refractivity contribution in [2.24, 2.45) is 0 Å². The Morgan fingerprint density at radius 2 is 2.08 bits per heavy atom. The van der Waals surface area contributed by atoms with E-state index in [1.165, 1.54) is 4.35 Å². The zero-order chi connectivity index (χ0) is 9.68. The summed E-state index contributed by atoms with van der Waals surface area (Å²) in [6.45, 7) is 2.16. The van der Waals surface area contributed by atoms with Crippen LogP contribution in [0.4, 0.5) is 10.5 Å². The van der Waals surface area contributed by atoms with Crippen LogP contribution in [0.25, 0.3) is 0 Å². The van der Waals surface area contributed by atoms with E-state index in [0.29, 0.717) is 6.61 Å². The number of anilines is 1. The number of carbonyl (C=O) groups excluding carboxylic acids is 1. The van der Waals surface area contributed by atoms with Crippen LogP contribution in [0.15, 0.2) is 24.3 Å². The summed E-state index contributed by atoms with van der Waals surface area (Å²) in [5.74, 6) is 0. The van der Waals surface area contributed by atoms with Gasteiger partial charge in [-0.3, -0.25) is 0 Å². The molecule has 1 aromatic carbocycles. The van der Waals surface area contributed by atoms with E-state index in [1.54, 1.807) is 23.8 Å². The van der Waals surface area contributed by atoms with E-state index in [2.05, 4.69) is 5.32 Å². The zero-order valence-electron chi connectivity index (χ0n) is 7.41. The molecule has 0 aromatic heterocycles. The Bertz CT molecular complexity index is 284. The zero-order valence-corrected chi connectivity index (χ0v) is 9.83. The molecule has 1 aromatic rings. The van der Waals surface area contributed by atoms with Gasteiger partial charge in [-0.25, -0.2) is 0 Å². The van der Waals surface area contributed by atoms with Gasteiger partial charge in [0.2, 0.25) is 0 Å². The predicted octanol–water partition coefficient (Wildman–Crippen LogP) is 0.513. The Morgan fingerprint density at radius 3 is 2.62 bits per heavy atom. The molecule has 0 fully saturated rings. The van der Waals surface area contributed by atoms with Crippen LogP contribution in [0.2, 0.25) is 0 Å². The van der Waals surface area contributed by atoms with Gasteiger partial charge >= 0.3 is 85.6 Å². The molecule has 0 bridgehead atoms. The SMILES string of the molecule is CCOC(=O)Nc1ccc([AsH2])cc1. The topological polar surface area (TPSA) is 38.3 Å². The van der Waals surface area contributed by atoms with E-state index in [1.807, 2.05) is 24.3 Å². The number of hydrogen-bond donors (Lipinski definition) is 1. The second-order valence-electron chi connectivity index (χ2n) is 2.47. The first kappa shape index (κ1) is 10.1. The van der Waals surface area contributed by atoms with Gasteiger partial charge in [-0.2, -0.15) is 0 Å². The number of carbonyl (C=O) groups is 1. The van der Waals surface area contributed by atoms with Crippen LogP contribution in [-0.4, -0.2) is 29.6 Å². The molecule has 1 rings (SSSR count). The van der Waals surface area contributed by atoms with Crippen molar-refractivity contribution in [2.75, 3.05) is 11.9 Å². The molecule has 4 heteroatoms. The fourth-order valence-corrected chi connectivity index (χ4v) is 1.26. The van der Waals surface area contributed by atoms with Crippen LogP contribution in [0.1, 0.15) is 6.92 Å². The number of hydrogen-bond acceptors (Lipinski definition) is 2. The van der Waals surface area contributed by atoms with Crippen LogP contribution >= 0.6 is 0 Å². The van der Waals surface area contributed by atoms with Crippen LogP contribution in [0.5, 0.6) is 0 Å². The van der Waals surface area contributed by atoms with Crippen molar-refractivity contribution in [3.8, 4) is 0 Å². The predicted molar refractivity (Wildman–Crippen MR) is 55.3 cm³/mol. The van der Waals surface area contributed by atoms with E-state index < -0.39 is 6.09 Å². The Morgan fingerprint density at radius 1 is 1.46 bits per heavy atom. The summed E-state index contributed by atoms with van der Waals surface area (Å²) in [4.78, 5) is 11.0. The normalized spacial score (nSPS) is 9.38. The fraction of sp³-hybridized carbons (Fsp3) is 0.222. The molecular weight excluding hydrogens is 229 g/mol. The van der Waals surface area contributed by atoms with Gasteiger partial charge in [0, 0.05) is 0 Å². The van der Waals surface area contributed by atoms with Crippen molar-refractivity contribution >= 4 is 33.0 Å². The molecule has 1 amide bonds. The van der Waals surface area contributed by atoms with Crippen LogP contribution in [0, 0.1) is 0 Å². The summed E-state index contributed by atoms with van der Waals surface area (Å²) < 4.78 is 5.95. The van der Waals surface area contributed by atoms with E-state index >= 15 is 0 Å². The van der Waals surface area contributed by atoms with Crippen LogP contribution < -0.4 is 9.67 Å². The van der Waals surface area contributed by atoms with Crippen molar-refractivity contribution in [2.45, 2.75) is 6.92 Å². The van der Waals surface area contributed by atoms with Gasteiger partial charge in [0.1, 0.15) is 0 Å². The van der Waals surface area contributed by atoms with Gasteiger partial charge < -0.3 is 0 Å². The molecule has 3 nitrogen and oxygen atoms in total. The standard InChI is InChI=1S/C9H12AsNO2/c1-2-13-9(12)11-8-5-3-7(10)4-6-8/h3-6H,2,10H2,1H3,(H,11,12). The molecule has 70 valence electrons. The first-order valence-electron chi connectivity index (χ1n) is 4.01. The third kappa shape index (κ3) is 3.51. The van der Waals surface area contributed by atoms with Gasteiger partial charge in [-0.15, -0.1) is 0 Å². The number of benzene rings is 1. The van der Waals surface area contributed by atoms with E-state index in [9.17, 15) is 4.79 Å². The quantitative estimate of drug-likeness (QED) is 0.766. The second-order valence-corrected chi connectivity index (χ2v) is 3.87. The van der Waals surface area contributed by atoms with Crippen molar-refractivity contribution in [1.29, 1.82) is 0 Å². The summed E-state index contributed by atoms with van der Waals surface area (Å²) in [7, 11) is 0. The molecule has 13 heavy (non-hydrogen) atoms. The molecule has 1 N–H and O–H groups in total. The summed E-state index contributed by atoms with van der Waals surface area (Å²) in [5, 5.41) is 2.62. The number of ether oxygens (including phenoxy) is 1. The summed E-state index contributed by atoms with van der Waals surface area (Å²) in [6.07, 6.45) is -0.406. The molecule has 0 spiro atoms. The van der Waals surface area contributed by atoms with Gasteiger partial charge in [0.15, 0.2) is 0 Å². The summed E-state index contributed by atoms with van der Waals surface area (Å²) >= 11 is 1.56. The van der Waals surface area contributed by atoms with Gasteiger partial charge in [-0.1, -0.05) is 0 Å². The Balaban J connectivity index is 2.54. The summed E-state index contributed by atoms with van der Waals surface area (Å²) in [6, 6.07) is 7.63. The van der Waals surface area contributed by atoms with Crippen molar-refractivity contribution < 1.29 is 9.53 Å². The molecule has 1 atom stereocenters.